The number of piperidine rings is 3. The van der Waals surface area contributed by atoms with Gasteiger partial charge in [0.15, 0.2) is 6.10 Å². The summed E-state index contributed by atoms with van der Waals surface area (Å²) in [7, 11) is 0. The van der Waals surface area contributed by atoms with Crippen LogP contribution in [0.25, 0.3) is 0 Å². The minimum atomic E-state index is -0.366. The fourth-order valence-electron chi connectivity index (χ4n) is 6.97. The highest BCUT2D eigenvalue weighted by atomic mass is 16.5. The van der Waals surface area contributed by atoms with E-state index in [0.29, 0.717) is 5.92 Å². The number of allylic oxidation sites excluding steroid dienone is 3. The molecule has 4 heterocycles. The molecule has 4 heteroatoms. The van der Waals surface area contributed by atoms with Crippen LogP contribution in [0.1, 0.15) is 75.5 Å². The molecule has 2 bridgehead atoms. The van der Waals surface area contributed by atoms with Crippen LogP contribution in [0.5, 0.6) is 0 Å². The van der Waals surface area contributed by atoms with Crippen LogP contribution in [0.3, 0.4) is 0 Å². The third kappa shape index (κ3) is 4.82. The van der Waals surface area contributed by atoms with E-state index in [1.165, 1.54) is 62.9 Å². The van der Waals surface area contributed by atoms with E-state index in [-0.39, 0.29) is 17.5 Å². The Kier molecular flexibility index (Phi) is 6.74. The molecule has 1 atom stereocenters. The molecule has 4 nitrogen and oxygen atoms in total. The van der Waals surface area contributed by atoms with Gasteiger partial charge in [0.05, 0.1) is 25.0 Å². The number of aryl methyl sites for hydroxylation is 2. The lowest BCUT2D eigenvalue weighted by molar-refractivity contribution is -0.946. The number of hydrogen-bond acceptors (Lipinski definition) is 3. The number of aromatic nitrogens is 1. The van der Waals surface area contributed by atoms with Gasteiger partial charge < -0.3 is 9.22 Å². The number of rotatable bonds is 7. The first kappa shape index (κ1) is 22.8. The van der Waals surface area contributed by atoms with E-state index in [1.807, 2.05) is 13.1 Å². The number of quaternary nitrogens is 1. The van der Waals surface area contributed by atoms with Gasteiger partial charge in [0.25, 0.3) is 0 Å². The quantitative estimate of drug-likeness (QED) is 0.304. The molecule has 0 amide bonds. The van der Waals surface area contributed by atoms with Crippen LogP contribution in [-0.2, 0) is 16.0 Å². The molecule has 0 radical (unpaired) electrons. The second kappa shape index (κ2) is 9.74. The highest BCUT2D eigenvalue weighted by Crippen LogP contribution is 2.46. The highest BCUT2D eigenvalue weighted by molar-refractivity contribution is 5.81. The van der Waals surface area contributed by atoms with Crippen molar-refractivity contribution in [1.29, 1.82) is 0 Å². The van der Waals surface area contributed by atoms with Crippen LogP contribution in [0.2, 0.25) is 0 Å². The Morgan fingerprint density at radius 3 is 2.61 bits per heavy atom. The van der Waals surface area contributed by atoms with Crippen molar-refractivity contribution in [2.75, 3.05) is 26.2 Å². The standard InChI is InChI=1S/C29H41N2O2/c1-23-12-13-24(21-30-23)9-8-18-31-19-14-25(15-20-31)27(22-31)33-28(32)29(26-10-4-5-11-26)16-6-2-3-7-17-29/h4-5,10,12-13,21,25,27H,2-3,6-9,11,14-20,22H2,1H3/q+1/t25?,27-,31?/m0/s1. The molecule has 6 rings (SSSR count). The Bertz CT molecular complexity index is 885. The fraction of sp³-hybridized carbons (Fsp3) is 0.655. The van der Waals surface area contributed by atoms with Crippen LogP contribution in [-0.4, -0.2) is 47.7 Å². The summed E-state index contributed by atoms with van der Waals surface area (Å²) in [6, 6.07) is 4.33. The molecule has 0 N–H and O–H groups in total. The topological polar surface area (TPSA) is 39.2 Å². The highest BCUT2D eigenvalue weighted by Gasteiger charge is 2.50. The normalized spacial score (nSPS) is 30.6. The largest absolute Gasteiger partial charge is 0.455 e. The molecule has 178 valence electrons. The zero-order chi connectivity index (χ0) is 22.7. The van der Waals surface area contributed by atoms with Crippen molar-refractivity contribution in [3.63, 3.8) is 0 Å². The summed E-state index contributed by atoms with van der Waals surface area (Å²) in [5.74, 6) is 0.663. The minimum Gasteiger partial charge on any atom is -0.455 e. The lowest BCUT2D eigenvalue weighted by Crippen LogP contribution is -2.65. The summed E-state index contributed by atoms with van der Waals surface area (Å²) < 4.78 is 7.65. The second-order valence-corrected chi connectivity index (χ2v) is 11.2. The van der Waals surface area contributed by atoms with E-state index in [2.05, 4.69) is 35.3 Å². The molecule has 0 unspecified atom stereocenters. The van der Waals surface area contributed by atoms with Gasteiger partial charge in [-0.15, -0.1) is 0 Å². The Morgan fingerprint density at radius 2 is 1.94 bits per heavy atom. The third-order valence-corrected chi connectivity index (χ3v) is 9.10. The molecule has 3 aliphatic heterocycles. The summed E-state index contributed by atoms with van der Waals surface area (Å²) in [4.78, 5) is 18.3. The summed E-state index contributed by atoms with van der Waals surface area (Å²) in [6.45, 7) is 6.77. The van der Waals surface area contributed by atoms with E-state index in [0.717, 1.165) is 55.2 Å². The van der Waals surface area contributed by atoms with E-state index in [4.69, 9.17) is 4.74 Å². The molecule has 3 saturated heterocycles. The number of pyridine rings is 1. The van der Waals surface area contributed by atoms with Gasteiger partial charge >= 0.3 is 5.97 Å². The van der Waals surface area contributed by atoms with Crippen molar-refractivity contribution in [3.05, 3.63) is 53.4 Å². The first-order chi connectivity index (χ1) is 16.1. The van der Waals surface area contributed by atoms with Crippen molar-refractivity contribution in [1.82, 2.24) is 4.98 Å². The number of esters is 1. The van der Waals surface area contributed by atoms with E-state index < -0.39 is 0 Å². The predicted molar refractivity (Wildman–Crippen MR) is 132 cm³/mol. The summed E-state index contributed by atoms with van der Waals surface area (Å²) >= 11 is 0. The van der Waals surface area contributed by atoms with E-state index >= 15 is 0 Å². The zero-order valence-corrected chi connectivity index (χ0v) is 20.4. The van der Waals surface area contributed by atoms with Gasteiger partial charge in [0.2, 0.25) is 0 Å². The van der Waals surface area contributed by atoms with Crippen molar-refractivity contribution in [3.8, 4) is 0 Å². The average Bonchev–Trinajstić information content (AvgIpc) is 3.26. The maximum Gasteiger partial charge on any atom is 0.316 e. The van der Waals surface area contributed by atoms with Crippen LogP contribution < -0.4 is 0 Å². The number of hydrogen-bond donors (Lipinski definition) is 0. The average molecular weight is 450 g/mol. The number of carbonyl (C=O) groups is 1. The lowest BCUT2D eigenvalue weighted by atomic mass is 9.73. The Labute approximate surface area is 199 Å². The Hall–Kier alpha value is -1.94. The van der Waals surface area contributed by atoms with Gasteiger partial charge in [-0.1, -0.05) is 50.0 Å². The summed E-state index contributed by atoms with van der Waals surface area (Å²) in [5.41, 5.74) is 3.36. The van der Waals surface area contributed by atoms with Gasteiger partial charge in [-0.3, -0.25) is 9.78 Å². The van der Waals surface area contributed by atoms with Gasteiger partial charge in [0.1, 0.15) is 6.54 Å². The fourth-order valence-corrected chi connectivity index (χ4v) is 6.97. The third-order valence-electron chi connectivity index (χ3n) is 9.10. The van der Waals surface area contributed by atoms with Crippen LogP contribution in [0, 0.1) is 18.3 Å². The van der Waals surface area contributed by atoms with Gasteiger partial charge in [-0.05, 0) is 49.8 Å². The lowest BCUT2D eigenvalue weighted by Gasteiger charge is -2.52. The zero-order valence-electron chi connectivity index (χ0n) is 20.4. The van der Waals surface area contributed by atoms with Crippen LogP contribution in [0.4, 0.5) is 0 Å². The van der Waals surface area contributed by atoms with E-state index in [9.17, 15) is 4.79 Å². The molecule has 1 aromatic rings. The van der Waals surface area contributed by atoms with Crippen molar-refractivity contribution in [2.24, 2.45) is 11.3 Å². The maximum absolute atomic E-state index is 13.8. The monoisotopic (exact) mass is 449 g/mol. The van der Waals surface area contributed by atoms with Crippen molar-refractivity contribution < 1.29 is 14.0 Å². The van der Waals surface area contributed by atoms with Gasteiger partial charge in [0, 0.05) is 37.1 Å². The van der Waals surface area contributed by atoms with Crippen molar-refractivity contribution in [2.45, 2.75) is 83.7 Å². The number of nitrogens with zero attached hydrogens (tertiary/aromatic N) is 2. The number of fused-ring (bicyclic) bond motifs is 3. The minimum absolute atomic E-state index is 0.0991. The molecule has 4 fully saturated rings. The SMILES string of the molecule is Cc1ccc(CCC[N+]23CCC(CC2)[C@@H](OC(=O)C2(C4=CC=CC4)CCCCCC2)C3)cn1. The molecular weight excluding hydrogens is 408 g/mol. The van der Waals surface area contributed by atoms with Crippen LogP contribution in [0.15, 0.2) is 42.1 Å². The van der Waals surface area contributed by atoms with Crippen molar-refractivity contribution >= 4 is 5.97 Å². The molecule has 1 saturated carbocycles. The number of carbonyl (C=O) groups excluding carboxylic acids is 1. The molecule has 0 aromatic carbocycles. The maximum atomic E-state index is 13.8. The molecule has 33 heavy (non-hydrogen) atoms. The van der Waals surface area contributed by atoms with Gasteiger partial charge in [-0.25, -0.2) is 0 Å². The Morgan fingerprint density at radius 1 is 1.15 bits per heavy atom. The molecule has 5 aliphatic rings. The van der Waals surface area contributed by atoms with Crippen LogP contribution >= 0.6 is 0 Å². The second-order valence-electron chi connectivity index (χ2n) is 11.2. The Balaban J connectivity index is 1.23. The summed E-state index contributed by atoms with van der Waals surface area (Å²) in [6.07, 6.45) is 21.0. The predicted octanol–water partition coefficient (Wildman–Crippen LogP) is 5.70. The molecule has 1 aromatic heterocycles. The summed E-state index contributed by atoms with van der Waals surface area (Å²) in [5, 5.41) is 0. The molecular formula is C29H41N2O2+. The first-order valence-corrected chi connectivity index (χ1v) is 13.4. The molecule has 0 spiro atoms. The first-order valence-electron chi connectivity index (χ1n) is 13.4. The van der Waals surface area contributed by atoms with E-state index in [1.54, 1.807) is 0 Å². The molecule has 2 aliphatic carbocycles. The van der Waals surface area contributed by atoms with Gasteiger partial charge in [-0.2, -0.15) is 0 Å². The smallest absolute Gasteiger partial charge is 0.316 e. The number of ether oxygens (including phenoxy) is 1.